The van der Waals surface area contributed by atoms with Crippen LogP contribution in [0.2, 0.25) is 0 Å². The lowest BCUT2D eigenvalue weighted by molar-refractivity contribution is -0.127. The molecule has 1 aliphatic heterocycles. The van der Waals surface area contributed by atoms with Gasteiger partial charge >= 0.3 is 0 Å². The fraction of sp³-hybridized carbons (Fsp3) is 0.125. The first-order chi connectivity index (χ1) is 5.34. The van der Waals surface area contributed by atoms with E-state index in [0.29, 0.717) is 18.4 Å². The van der Waals surface area contributed by atoms with Crippen molar-refractivity contribution in [1.82, 2.24) is 0 Å². The number of aliphatic imine (C=N–C) groups is 1. The molecule has 0 saturated carbocycles. The highest BCUT2D eigenvalue weighted by Crippen LogP contribution is 1.98. The highest BCUT2D eigenvalue weighted by atomic mass is 16.2. The minimum absolute atomic E-state index is 0.296. The van der Waals surface area contributed by atoms with Crippen molar-refractivity contribution in [2.45, 2.75) is 0 Å². The van der Waals surface area contributed by atoms with Crippen molar-refractivity contribution in [2.24, 2.45) is 4.99 Å². The lowest BCUT2D eigenvalue weighted by atomic mass is 10.2. The smallest absolute Gasteiger partial charge is 0.223 e. The summed E-state index contributed by atoms with van der Waals surface area (Å²) in [6.45, 7) is 0.296. The van der Waals surface area contributed by atoms with Crippen molar-refractivity contribution >= 4 is 18.3 Å². The van der Waals surface area contributed by atoms with Gasteiger partial charge in [-0.1, -0.05) is 12.2 Å². The summed E-state index contributed by atoms with van der Waals surface area (Å²) in [6, 6.07) is 0. The molecule has 0 fully saturated rings. The Balaban J connectivity index is 2.79. The van der Waals surface area contributed by atoms with Gasteiger partial charge in [-0.15, -0.1) is 0 Å². The molecule has 11 heavy (non-hydrogen) atoms. The summed E-state index contributed by atoms with van der Waals surface area (Å²) in [6.07, 6.45) is 6.91. The van der Waals surface area contributed by atoms with E-state index < -0.39 is 5.78 Å². The predicted molar refractivity (Wildman–Crippen MR) is 41.7 cm³/mol. The fourth-order valence-corrected chi connectivity index (χ4v) is 0.722. The molecule has 0 unspecified atom stereocenters. The maximum atomic E-state index is 10.8. The fourth-order valence-electron chi connectivity index (χ4n) is 0.722. The molecule has 0 amide bonds. The molecule has 3 nitrogen and oxygen atoms in total. The van der Waals surface area contributed by atoms with Crippen LogP contribution in [0.25, 0.3) is 0 Å². The van der Waals surface area contributed by atoms with Gasteiger partial charge < -0.3 is 0 Å². The molecule has 1 heterocycles. The van der Waals surface area contributed by atoms with E-state index >= 15 is 0 Å². The Morgan fingerprint density at radius 1 is 1.55 bits per heavy atom. The molecule has 0 bridgehead atoms. The molecular weight excluding hydrogens is 142 g/mol. The van der Waals surface area contributed by atoms with Crippen LogP contribution in [0.15, 0.2) is 28.8 Å². The van der Waals surface area contributed by atoms with Gasteiger partial charge in [-0.2, -0.15) is 0 Å². The zero-order chi connectivity index (χ0) is 8.10. The van der Waals surface area contributed by atoms with Gasteiger partial charge in [0.1, 0.15) is 0 Å². The summed E-state index contributed by atoms with van der Waals surface area (Å²) in [5.74, 6) is -0.492. The van der Waals surface area contributed by atoms with Crippen LogP contribution in [0.1, 0.15) is 0 Å². The monoisotopic (exact) mass is 149 g/mol. The molecule has 0 spiro atoms. The standard InChI is InChI=1S/C8H7NO2/c10-6-8(11)7-3-1-2-4-9-5-7/h1-4,6H,5H2. The quantitative estimate of drug-likeness (QED) is 0.419. The van der Waals surface area contributed by atoms with Gasteiger partial charge in [-0.25, -0.2) is 0 Å². The second kappa shape index (κ2) is 3.61. The normalized spacial score (nSPS) is 15.5. The molecule has 0 aromatic carbocycles. The van der Waals surface area contributed by atoms with Crippen LogP contribution >= 0.6 is 0 Å². The number of Topliss-reactive ketones (excluding diaryl/α,β-unsaturated/α-hetero) is 1. The van der Waals surface area contributed by atoms with Crippen LogP contribution in [0, 0.1) is 0 Å². The summed E-state index contributed by atoms with van der Waals surface area (Å²) < 4.78 is 0. The Hall–Kier alpha value is -1.51. The average Bonchev–Trinajstić information content (AvgIpc) is 2.30. The zero-order valence-corrected chi connectivity index (χ0v) is 5.86. The first-order valence-corrected chi connectivity index (χ1v) is 3.20. The molecule has 0 aromatic rings. The number of hydrogen-bond donors (Lipinski definition) is 0. The second-order valence-corrected chi connectivity index (χ2v) is 2.05. The number of hydrogen-bond acceptors (Lipinski definition) is 3. The number of ketones is 1. The SMILES string of the molecule is O=CC(=O)C1=CC=CC=NC1. The minimum Gasteiger partial charge on any atom is -0.294 e. The number of nitrogens with zero attached hydrogens (tertiary/aromatic N) is 1. The summed E-state index contributed by atoms with van der Waals surface area (Å²) in [7, 11) is 0. The van der Waals surface area contributed by atoms with E-state index in [9.17, 15) is 9.59 Å². The molecule has 3 heteroatoms. The van der Waals surface area contributed by atoms with Crippen LogP contribution < -0.4 is 0 Å². The number of allylic oxidation sites excluding steroid dienone is 3. The van der Waals surface area contributed by atoms with E-state index in [0.717, 1.165) is 0 Å². The molecular formula is C8H7NO2. The molecule has 0 saturated heterocycles. The van der Waals surface area contributed by atoms with Crippen LogP contribution in [-0.2, 0) is 9.59 Å². The van der Waals surface area contributed by atoms with Gasteiger partial charge in [-0.05, 0) is 6.08 Å². The lowest BCUT2D eigenvalue weighted by Crippen LogP contribution is -2.05. The van der Waals surface area contributed by atoms with E-state index in [4.69, 9.17) is 0 Å². The van der Waals surface area contributed by atoms with Crippen molar-refractivity contribution in [3.63, 3.8) is 0 Å². The van der Waals surface area contributed by atoms with Gasteiger partial charge in [-0.3, -0.25) is 14.6 Å². The first-order valence-electron chi connectivity index (χ1n) is 3.20. The third kappa shape index (κ3) is 1.97. The van der Waals surface area contributed by atoms with Crippen molar-refractivity contribution in [1.29, 1.82) is 0 Å². The zero-order valence-electron chi connectivity index (χ0n) is 5.86. The van der Waals surface area contributed by atoms with Gasteiger partial charge in [0.15, 0.2) is 6.29 Å². The molecule has 0 atom stereocenters. The van der Waals surface area contributed by atoms with Crippen LogP contribution in [0.4, 0.5) is 0 Å². The number of carbonyl (C=O) groups excluding carboxylic acids is 2. The lowest BCUT2D eigenvalue weighted by Gasteiger charge is -1.92. The topological polar surface area (TPSA) is 46.5 Å². The molecule has 56 valence electrons. The Kier molecular flexibility index (Phi) is 2.49. The summed E-state index contributed by atoms with van der Waals surface area (Å²) in [4.78, 5) is 24.7. The molecule has 1 aliphatic rings. The van der Waals surface area contributed by atoms with Crippen molar-refractivity contribution < 1.29 is 9.59 Å². The van der Waals surface area contributed by atoms with E-state index in [2.05, 4.69) is 4.99 Å². The van der Waals surface area contributed by atoms with Crippen molar-refractivity contribution in [3.8, 4) is 0 Å². The predicted octanol–water partition coefficient (Wildman–Crippen LogP) is 0.321. The Morgan fingerprint density at radius 2 is 2.36 bits per heavy atom. The number of carbonyl (C=O) groups is 2. The highest BCUT2D eigenvalue weighted by molar-refractivity contribution is 6.33. The second-order valence-electron chi connectivity index (χ2n) is 2.05. The summed E-state index contributed by atoms with van der Waals surface area (Å²) in [5.41, 5.74) is 0.435. The van der Waals surface area contributed by atoms with Gasteiger partial charge in [0, 0.05) is 11.8 Å². The molecule has 0 radical (unpaired) electrons. The Morgan fingerprint density at radius 3 is 3.09 bits per heavy atom. The first kappa shape index (κ1) is 7.60. The van der Waals surface area contributed by atoms with E-state index in [1.807, 2.05) is 0 Å². The van der Waals surface area contributed by atoms with Gasteiger partial charge in [0.25, 0.3) is 0 Å². The Labute approximate surface area is 64.1 Å². The van der Waals surface area contributed by atoms with Crippen LogP contribution in [0.5, 0.6) is 0 Å². The third-order valence-corrected chi connectivity index (χ3v) is 1.29. The maximum absolute atomic E-state index is 10.8. The van der Waals surface area contributed by atoms with E-state index in [1.54, 1.807) is 24.4 Å². The van der Waals surface area contributed by atoms with E-state index in [1.165, 1.54) is 0 Å². The Bertz CT molecular complexity index is 261. The molecule has 0 N–H and O–H groups in total. The highest BCUT2D eigenvalue weighted by Gasteiger charge is 2.05. The minimum atomic E-state index is -0.492. The number of rotatable bonds is 2. The molecule has 0 aliphatic carbocycles. The van der Waals surface area contributed by atoms with Gasteiger partial charge in [0.05, 0.1) is 6.54 Å². The molecule has 1 rings (SSSR count). The third-order valence-electron chi connectivity index (χ3n) is 1.29. The molecule has 0 aromatic heterocycles. The van der Waals surface area contributed by atoms with E-state index in [-0.39, 0.29) is 0 Å². The summed E-state index contributed by atoms with van der Waals surface area (Å²) in [5, 5.41) is 0. The van der Waals surface area contributed by atoms with Crippen LogP contribution in [0.3, 0.4) is 0 Å². The maximum Gasteiger partial charge on any atom is 0.223 e. The summed E-state index contributed by atoms with van der Waals surface area (Å²) >= 11 is 0. The average molecular weight is 149 g/mol. The van der Waals surface area contributed by atoms with Crippen LogP contribution in [-0.4, -0.2) is 24.8 Å². The van der Waals surface area contributed by atoms with Gasteiger partial charge in [0.2, 0.25) is 5.78 Å². The largest absolute Gasteiger partial charge is 0.294 e. The van der Waals surface area contributed by atoms with Crippen molar-refractivity contribution in [2.75, 3.05) is 6.54 Å². The van der Waals surface area contributed by atoms with Crippen molar-refractivity contribution in [3.05, 3.63) is 23.8 Å². The number of aldehydes is 1.